The predicted molar refractivity (Wildman–Crippen MR) is 72.6 cm³/mol. The number of anilines is 1. The molecule has 3 rings (SSSR count). The maximum atomic E-state index is 11.2. The maximum absolute atomic E-state index is 11.2. The van der Waals surface area contributed by atoms with Gasteiger partial charge < -0.3 is 4.90 Å². The lowest BCUT2D eigenvalue weighted by atomic mass is 10.1. The van der Waals surface area contributed by atoms with E-state index >= 15 is 0 Å². The highest BCUT2D eigenvalue weighted by Gasteiger charge is 2.34. The Bertz CT molecular complexity index is 438. The molecular weight excluding hydrogens is 278 g/mol. The zero-order chi connectivity index (χ0) is 11.8. The Labute approximate surface area is 110 Å². The third-order valence-corrected chi connectivity index (χ3v) is 4.06. The molecule has 2 fully saturated rings. The Morgan fingerprint density at radius 1 is 1.29 bits per heavy atom. The molecule has 0 bridgehead atoms. The number of benzene rings is 1. The average molecular weight is 294 g/mol. The van der Waals surface area contributed by atoms with Gasteiger partial charge in [-0.2, -0.15) is 0 Å². The molecule has 2 saturated carbocycles. The first-order valence-corrected chi connectivity index (χ1v) is 7.08. The molecule has 2 aliphatic carbocycles. The van der Waals surface area contributed by atoms with Crippen molar-refractivity contribution in [2.45, 2.75) is 31.7 Å². The van der Waals surface area contributed by atoms with Crippen molar-refractivity contribution < 1.29 is 4.79 Å². The number of hydrogen-bond donors (Lipinski definition) is 0. The van der Waals surface area contributed by atoms with Gasteiger partial charge in [0, 0.05) is 28.3 Å². The van der Waals surface area contributed by atoms with Crippen LogP contribution in [0.3, 0.4) is 0 Å². The summed E-state index contributed by atoms with van der Waals surface area (Å²) < 4.78 is 0.977. The van der Waals surface area contributed by atoms with Crippen molar-refractivity contribution in [3.8, 4) is 0 Å². The molecule has 2 aliphatic rings. The summed E-state index contributed by atoms with van der Waals surface area (Å²) >= 11 is 3.42. The summed E-state index contributed by atoms with van der Waals surface area (Å²) in [5.74, 6) is 0.860. The van der Waals surface area contributed by atoms with E-state index in [1.54, 1.807) is 0 Å². The van der Waals surface area contributed by atoms with Crippen LogP contribution in [0.4, 0.5) is 5.69 Å². The number of rotatable bonds is 5. The Morgan fingerprint density at radius 3 is 2.65 bits per heavy atom. The predicted octanol–water partition coefficient (Wildman–Crippen LogP) is 3.64. The number of carbonyl (C=O) groups excluding carboxylic acids is 1. The van der Waals surface area contributed by atoms with Crippen molar-refractivity contribution in [3.05, 3.63) is 28.2 Å². The molecule has 3 heteroatoms. The van der Waals surface area contributed by atoms with Crippen LogP contribution >= 0.6 is 15.9 Å². The molecule has 0 spiro atoms. The highest BCUT2D eigenvalue weighted by molar-refractivity contribution is 9.10. The van der Waals surface area contributed by atoms with Crippen molar-refractivity contribution >= 4 is 27.9 Å². The molecule has 0 unspecified atom stereocenters. The number of nitrogens with zero attached hydrogens (tertiary/aromatic N) is 1. The normalized spacial score (nSPS) is 19.1. The van der Waals surface area contributed by atoms with Crippen molar-refractivity contribution in [1.29, 1.82) is 0 Å². The summed E-state index contributed by atoms with van der Waals surface area (Å²) in [4.78, 5) is 13.6. The second kappa shape index (κ2) is 4.45. The van der Waals surface area contributed by atoms with Crippen LogP contribution in [0.25, 0.3) is 0 Å². The molecule has 0 aliphatic heterocycles. The van der Waals surface area contributed by atoms with Crippen molar-refractivity contribution in [2.24, 2.45) is 5.92 Å². The largest absolute Gasteiger partial charge is 0.368 e. The van der Waals surface area contributed by atoms with Gasteiger partial charge >= 0.3 is 0 Å². The van der Waals surface area contributed by atoms with Gasteiger partial charge in [0.1, 0.15) is 0 Å². The lowest BCUT2D eigenvalue weighted by Gasteiger charge is -2.26. The van der Waals surface area contributed by atoms with E-state index in [0.29, 0.717) is 6.04 Å². The molecule has 1 aromatic rings. The molecule has 0 N–H and O–H groups in total. The number of aldehydes is 1. The zero-order valence-corrected chi connectivity index (χ0v) is 11.3. The van der Waals surface area contributed by atoms with Crippen molar-refractivity contribution in [3.63, 3.8) is 0 Å². The number of carbonyl (C=O) groups is 1. The Morgan fingerprint density at radius 2 is 2.06 bits per heavy atom. The van der Waals surface area contributed by atoms with Gasteiger partial charge in [0.15, 0.2) is 6.29 Å². The monoisotopic (exact) mass is 293 g/mol. The van der Waals surface area contributed by atoms with Gasteiger partial charge in [-0.25, -0.2) is 0 Å². The van der Waals surface area contributed by atoms with Crippen LogP contribution in [0.15, 0.2) is 22.7 Å². The first-order chi connectivity index (χ1) is 8.28. The number of halogens is 1. The summed E-state index contributed by atoms with van der Waals surface area (Å²) in [6.07, 6.45) is 6.25. The summed E-state index contributed by atoms with van der Waals surface area (Å²) in [6.45, 7) is 1.13. The first kappa shape index (κ1) is 11.3. The molecule has 0 saturated heterocycles. The second-order valence-corrected chi connectivity index (χ2v) is 6.06. The summed E-state index contributed by atoms with van der Waals surface area (Å²) in [7, 11) is 0. The van der Waals surface area contributed by atoms with Crippen LogP contribution in [0.2, 0.25) is 0 Å². The molecule has 0 heterocycles. The molecule has 1 aromatic carbocycles. The van der Waals surface area contributed by atoms with Crippen LogP contribution < -0.4 is 4.90 Å². The third-order valence-electron chi connectivity index (χ3n) is 3.57. The van der Waals surface area contributed by atoms with Crippen LogP contribution in [-0.2, 0) is 0 Å². The average Bonchev–Trinajstić information content (AvgIpc) is 3.18. The first-order valence-electron chi connectivity index (χ1n) is 6.29. The van der Waals surface area contributed by atoms with E-state index < -0.39 is 0 Å². The fraction of sp³-hybridized carbons (Fsp3) is 0.500. The highest BCUT2D eigenvalue weighted by Crippen LogP contribution is 2.39. The second-order valence-electron chi connectivity index (χ2n) is 5.15. The highest BCUT2D eigenvalue weighted by atomic mass is 79.9. The molecule has 90 valence electrons. The SMILES string of the molecule is O=Cc1cc(Br)ccc1N(CC1CC1)C1CC1. The van der Waals surface area contributed by atoms with Crippen LogP contribution in [0.5, 0.6) is 0 Å². The van der Waals surface area contributed by atoms with Gasteiger partial charge in [0.2, 0.25) is 0 Å². The Balaban J connectivity index is 1.90. The summed E-state index contributed by atoms with van der Waals surface area (Å²) in [5, 5.41) is 0. The van der Waals surface area contributed by atoms with E-state index in [1.165, 1.54) is 25.7 Å². The molecule has 2 nitrogen and oxygen atoms in total. The molecule has 0 amide bonds. The van der Waals surface area contributed by atoms with E-state index in [9.17, 15) is 4.79 Å². The Kier molecular flexibility index (Phi) is 2.95. The van der Waals surface area contributed by atoms with Crippen LogP contribution in [-0.4, -0.2) is 18.9 Å². The molecular formula is C14H16BrNO. The van der Waals surface area contributed by atoms with Crippen molar-refractivity contribution in [1.82, 2.24) is 0 Å². The van der Waals surface area contributed by atoms with E-state index in [4.69, 9.17) is 0 Å². The molecule has 0 radical (unpaired) electrons. The maximum Gasteiger partial charge on any atom is 0.152 e. The molecule has 17 heavy (non-hydrogen) atoms. The Hall–Kier alpha value is -0.830. The lowest BCUT2D eigenvalue weighted by Crippen LogP contribution is -2.28. The van der Waals surface area contributed by atoms with Gasteiger partial charge in [-0.15, -0.1) is 0 Å². The minimum Gasteiger partial charge on any atom is -0.368 e. The lowest BCUT2D eigenvalue weighted by molar-refractivity contribution is 0.112. The number of hydrogen-bond acceptors (Lipinski definition) is 2. The molecule has 0 atom stereocenters. The van der Waals surface area contributed by atoms with Crippen molar-refractivity contribution in [2.75, 3.05) is 11.4 Å². The van der Waals surface area contributed by atoms with E-state index in [1.807, 2.05) is 12.1 Å². The van der Waals surface area contributed by atoms with Crippen LogP contribution in [0.1, 0.15) is 36.0 Å². The topological polar surface area (TPSA) is 20.3 Å². The quantitative estimate of drug-likeness (QED) is 0.773. The molecule has 0 aromatic heterocycles. The fourth-order valence-corrected chi connectivity index (χ4v) is 2.67. The van der Waals surface area contributed by atoms with Gasteiger partial charge in [0.25, 0.3) is 0 Å². The van der Waals surface area contributed by atoms with E-state index in [-0.39, 0.29) is 0 Å². The standard InChI is InChI=1S/C14H16BrNO/c15-12-3-6-14(11(7-12)9-17)16(13-4-5-13)8-10-1-2-10/h3,6-7,9-10,13H,1-2,4-5,8H2. The van der Waals surface area contributed by atoms with E-state index in [2.05, 4.69) is 26.9 Å². The van der Waals surface area contributed by atoms with Gasteiger partial charge in [0.05, 0.1) is 0 Å². The summed E-state index contributed by atoms with van der Waals surface area (Å²) in [5.41, 5.74) is 1.93. The van der Waals surface area contributed by atoms with E-state index in [0.717, 1.165) is 34.5 Å². The van der Waals surface area contributed by atoms with Gasteiger partial charge in [-0.3, -0.25) is 4.79 Å². The minimum absolute atomic E-state index is 0.676. The fourth-order valence-electron chi connectivity index (χ4n) is 2.29. The smallest absolute Gasteiger partial charge is 0.152 e. The van der Waals surface area contributed by atoms with Gasteiger partial charge in [-0.05, 0) is 49.8 Å². The third kappa shape index (κ3) is 2.54. The zero-order valence-electron chi connectivity index (χ0n) is 9.73. The minimum atomic E-state index is 0.676. The van der Waals surface area contributed by atoms with Gasteiger partial charge in [-0.1, -0.05) is 15.9 Å². The van der Waals surface area contributed by atoms with Crippen LogP contribution in [0, 0.1) is 5.92 Å². The summed E-state index contributed by atoms with van der Waals surface area (Å²) in [6, 6.07) is 6.71.